The Bertz CT molecular complexity index is 564. The summed E-state index contributed by atoms with van der Waals surface area (Å²) in [5.74, 6) is 0. The van der Waals surface area contributed by atoms with E-state index in [9.17, 15) is 5.11 Å². The Morgan fingerprint density at radius 2 is 1.81 bits per heavy atom. The lowest BCUT2D eigenvalue weighted by atomic mass is 9.76. The monoisotopic (exact) mass is 303 g/mol. The molecule has 0 aliphatic heterocycles. The molecule has 0 saturated carbocycles. The van der Waals surface area contributed by atoms with E-state index >= 15 is 0 Å². The molecule has 2 nitrogen and oxygen atoms in total. The van der Waals surface area contributed by atoms with Crippen molar-refractivity contribution in [1.29, 1.82) is 0 Å². The first-order chi connectivity index (χ1) is 9.91. The zero-order valence-electron chi connectivity index (χ0n) is 13.4. The number of benzene rings is 1. The number of aliphatic hydroxyl groups excluding tert-OH is 1. The molecule has 0 saturated heterocycles. The molecule has 114 valence electrons. The van der Waals surface area contributed by atoms with Crippen LogP contribution in [0.2, 0.25) is 0 Å². The minimum atomic E-state index is -0.228. The number of hydrogen-bond donors (Lipinski definition) is 1. The molecule has 0 aliphatic rings. The Morgan fingerprint density at radius 1 is 1.14 bits per heavy atom. The van der Waals surface area contributed by atoms with E-state index in [1.807, 2.05) is 18.2 Å². The van der Waals surface area contributed by atoms with Crippen LogP contribution in [0.25, 0.3) is 0 Å². The average Bonchev–Trinajstić information content (AvgIpc) is 2.94. The number of aliphatic hydroxyl groups is 1. The first kappa shape index (κ1) is 16.2. The molecule has 0 aliphatic carbocycles. The molecule has 1 aromatic carbocycles. The molecule has 2 aromatic rings. The Kier molecular flexibility index (Phi) is 4.84. The third-order valence-electron chi connectivity index (χ3n) is 4.18. The van der Waals surface area contributed by atoms with Gasteiger partial charge in [0.1, 0.15) is 0 Å². The van der Waals surface area contributed by atoms with Crippen LogP contribution in [-0.2, 0) is 17.3 Å². The standard InChI is InChI=1S/C18H25NOS/c1-5-18(13-20,14-9-7-6-8-10-14)11-16-19-15(12-21-16)17(2,3)4/h6-10,12,20H,5,11,13H2,1-4H3. The first-order valence-corrected chi connectivity index (χ1v) is 8.40. The van der Waals surface area contributed by atoms with Gasteiger partial charge in [0.2, 0.25) is 0 Å². The largest absolute Gasteiger partial charge is 0.395 e. The Hall–Kier alpha value is -1.19. The molecule has 1 heterocycles. The van der Waals surface area contributed by atoms with Crippen LogP contribution in [0.4, 0.5) is 0 Å². The molecule has 0 amide bonds. The normalized spacial score (nSPS) is 14.9. The minimum absolute atomic E-state index is 0.0790. The Labute approximate surface area is 131 Å². The predicted molar refractivity (Wildman–Crippen MR) is 90.0 cm³/mol. The van der Waals surface area contributed by atoms with E-state index in [1.165, 1.54) is 5.56 Å². The topological polar surface area (TPSA) is 33.1 Å². The van der Waals surface area contributed by atoms with E-state index in [0.717, 1.165) is 23.5 Å². The van der Waals surface area contributed by atoms with Gasteiger partial charge in [-0.05, 0) is 12.0 Å². The van der Waals surface area contributed by atoms with Gasteiger partial charge in [0.15, 0.2) is 0 Å². The van der Waals surface area contributed by atoms with Crippen molar-refractivity contribution in [3.05, 3.63) is 52.0 Å². The maximum Gasteiger partial charge on any atom is 0.0938 e. The number of hydrogen-bond acceptors (Lipinski definition) is 3. The quantitative estimate of drug-likeness (QED) is 0.892. The molecule has 0 bridgehead atoms. The van der Waals surface area contributed by atoms with Gasteiger partial charge in [-0.1, -0.05) is 58.0 Å². The second-order valence-corrected chi connectivity index (χ2v) is 7.65. The van der Waals surface area contributed by atoms with E-state index in [1.54, 1.807) is 11.3 Å². The fourth-order valence-corrected chi connectivity index (χ4v) is 3.67. The van der Waals surface area contributed by atoms with Crippen molar-refractivity contribution in [2.24, 2.45) is 0 Å². The fourth-order valence-electron chi connectivity index (χ4n) is 2.51. The molecule has 0 fully saturated rings. The van der Waals surface area contributed by atoms with Gasteiger partial charge in [-0.3, -0.25) is 0 Å². The fraction of sp³-hybridized carbons (Fsp3) is 0.500. The SMILES string of the molecule is CCC(CO)(Cc1nc(C(C)(C)C)cs1)c1ccccc1. The second kappa shape index (κ2) is 6.29. The molecular weight excluding hydrogens is 278 g/mol. The van der Waals surface area contributed by atoms with Crippen LogP contribution >= 0.6 is 11.3 Å². The molecule has 21 heavy (non-hydrogen) atoms. The van der Waals surface area contributed by atoms with Gasteiger partial charge in [-0.15, -0.1) is 11.3 Å². The van der Waals surface area contributed by atoms with Crippen LogP contribution in [0.15, 0.2) is 35.7 Å². The van der Waals surface area contributed by atoms with E-state index in [4.69, 9.17) is 4.98 Å². The van der Waals surface area contributed by atoms with Crippen molar-refractivity contribution < 1.29 is 5.11 Å². The van der Waals surface area contributed by atoms with Crippen molar-refractivity contribution in [3.63, 3.8) is 0 Å². The highest BCUT2D eigenvalue weighted by Gasteiger charge is 2.31. The van der Waals surface area contributed by atoms with Gasteiger partial charge in [-0.25, -0.2) is 4.98 Å². The molecule has 0 radical (unpaired) electrons. The summed E-state index contributed by atoms with van der Waals surface area (Å²) in [6.45, 7) is 8.84. The first-order valence-electron chi connectivity index (χ1n) is 7.52. The molecule has 1 N–H and O–H groups in total. The lowest BCUT2D eigenvalue weighted by Gasteiger charge is -2.30. The summed E-state index contributed by atoms with van der Waals surface area (Å²) < 4.78 is 0. The van der Waals surface area contributed by atoms with Crippen LogP contribution in [0, 0.1) is 0 Å². The van der Waals surface area contributed by atoms with E-state index < -0.39 is 0 Å². The Morgan fingerprint density at radius 3 is 2.29 bits per heavy atom. The van der Waals surface area contributed by atoms with Crippen molar-refractivity contribution in [3.8, 4) is 0 Å². The number of aromatic nitrogens is 1. The second-order valence-electron chi connectivity index (χ2n) is 6.71. The van der Waals surface area contributed by atoms with E-state index in [-0.39, 0.29) is 17.4 Å². The molecular formula is C18H25NOS. The van der Waals surface area contributed by atoms with Crippen LogP contribution in [0.3, 0.4) is 0 Å². The Balaban J connectivity index is 2.31. The average molecular weight is 303 g/mol. The third-order valence-corrected chi connectivity index (χ3v) is 5.02. The number of nitrogens with zero attached hydrogens (tertiary/aromatic N) is 1. The molecule has 1 atom stereocenters. The highest BCUT2D eigenvalue weighted by molar-refractivity contribution is 7.09. The zero-order chi connectivity index (χ0) is 15.5. The van der Waals surface area contributed by atoms with Crippen LogP contribution in [-0.4, -0.2) is 16.7 Å². The van der Waals surface area contributed by atoms with Crippen molar-refractivity contribution in [2.75, 3.05) is 6.61 Å². The predicted octanol–water partition coefficient (Wildman–Crippen LogP) is 4.32. The van der Waals surface area contributed by atoms with Crippen molar-refractivity contribution in [1.82, 2.24) is 4.98 Å². The van der Waals surface area contributed by atoms with Crippen molar-refractivity contribution >= 4 is 11.3 Å². The summed E-state index contributed by atoms with van der Waals surface area (Å²) >= 11 is 1.71. The van der Waals surface area contributed by atoms with Gasteiger partial charge in [0, 0.05) is 22.6 Å². The minimum Gasteiger partial charge on any atom is -0.395 e. The maximum absolute atomic E-state index is 10.0. The summed E-state index contributed by atoms with van der Waals surface area (Å²) in [6, 6.07) is 10.3. The smallest absolute Gasteiger partial charge is 0.0938 e. The van der Waals surface area contributed by atoms with Crippen LogP contribution in [0.5, 0.6) is 0 Å². The summed E-state index contributed by atoms with van der Waals surface area (Å²) in [6.07, 6.45) is 1.70. The van der Waals surface area contributed by atoms with Gasteiger partial charge in [0.25, 0.3) is 0 Å². The van der Waals surface area contributed by atoms with E-state index in [2.05, 4.69) is 45.2 Å². The zero-order valence-corrected chi connectivity index (χ0v) is 14.2. The summed E-state index contributed by atoms with van der Waals surface area (Å²) in [7, 11) is 0. The van der Waals surface area contributed by atoms with Gasteiger partial charge in [0.05, 0.1) is 17.3 Å². The summed E-state index contributed by atoms with van der Waals surface area (Å²) in [4.78, 5) is 4.80. The molecule has 2 rings (SSSR count). The van der Waals surface area contributed by atoms with Crippen molar-refractivity contribution in [2.45, 2.75) is 51.4 Å². The summed E-state index contributed by atoms with van der Waals surface area (Å²) in [5.41, 5.74) is 2.19. The number of rotatable bonds is 5. The molecule has 1 aromatic heterocycles. The van der Waals surface area contributed by atoms with Gasteiger partial charge in [-0.2, -0.15) is 0 Å². The van der Waals surface area contributed by atoms with Crippen LogP contribution < -0.4 is 0 Å². The van der Waals surface area contributed by atoms with Gasteiger partial charge >= 0.3 is 0 Å². The lowest BCUT2D eigenvalue weighted by molar-refractivity contribution is 0.186. The summed E-state index contributed by atoms with van der Waals surface area (Å²) in [5, 5.41) is 13.3. The highest BCUT2D eigenvalue weighted by atomic mass is 32.1. The lowest BCUT2D eigenvalue weighted by Crippen LogP contribution is -2.32. The third kappa shape index (κ3) is 3.53. The van der Waals surface area contributed by atoms with E-state index in [0.29, 0.717) is 0 Å². The highest BCUT2D eigenvalue weighted by Crippen LogP contribution is 2.34. The maximum atomic E-state index is 10.0. The number of thiazole rings is 1. The molecule has 3 heteroatoms. The van der Waals surface area contributed by atoms with Crippen LogP contribution in [0.1, 0.15) is 50.4 Å². The van der Waals surface area contributed by atoms with Gasteiger partial charge < -0.3 is 5.11 Å². The molecule has 1 unspecified atom stereocenters. The molecule has 0 spiro atoms.